The fraction of sp³-hybridized carbons (Fsp3) is 0.0417. The van der Waals surface area contributed by atoms with E-state index < -0.39 is 0 Å². The summed E-state index contributed by atoms with van der Waals surface area (Å²) >= 11 is 0. The van der Waals surface area contributed by atoms with Crippen LogP contribution in [-0.2, 0) is 0 Å². The highest BCUT2D eigenvalue weighted by molar-refractivity contribution is 6.06. The molecule has 7 aromatic carbocycles. The van der Waals surface area contributed by atoms with E-state index in [9.17, 15) is 0 Å². The molecule has 0 spiro atoms. The van der Waals surface area contributed by atoms with Crippen LogP contribution < -0.4 is 15.5 Å². The monoisotopic (exact) mass is 652 g/mol. The lowest BCUT2D eigenvalue weighted by Crippen LogP contribution is -2.40. The van der Waals surface area contributed by atoms with Crippen LogP contribution in [0.3, 0.4) is 0 Å². The third-order valence-corrected chi connectivity index (χ3v) is 10.9. The van der Waals surface area contributed by atoms with E-state index in [1.165, 1.54) is 60.7 Å². The molecule has 3 nitrogen and oxygen atoms in total. The molecule has 1 aliphatic heterocycles. The summed E-state index contributed by atoms with van der Waals surface area (Å²) in [5.74, 6) is 0.156. The average Bonchev–Trinajstić information content (AvgIpc) is 3.84. The van der Waals surface area contributed by atoms with Crippen molar-refractivity contribution < 1.29 is 4.42 Å². The molecule has 240 valence electrons. The van der Waals surface area contributed by atoms with Crippen LogP contribution in [0.15, 0.2) is 174 Å². The van der Waals surface area contributed by atoms with E-state index in [1.807, 2.05) is 6.07 Å². The van der Waals surface area contributed by atoms with Crippen molar-refractivity contribution in [2.45, 2.75) is 12.0 Å². The Morgan fingerprint density at radius 3 is 1.90 bits per heavy atom. The molecule has 3 heteroatoms. The van der Waals surface area contributed by atoms with Crippen molar-refractivity contribution in [3.8, 4) is 27.9 Å². The summed E-state index contributed by atoms with van der Waals surface area (Å²) in [6.45, 7) is 0. The van der Waals surface area contributed by atoms with E-state index >= 15 is 0 Å². The summed E-state index contributed by atoms with van der Waals surface area (Å²) in [5, 5.41) is 6.09. The molecule has 0 radical (unpaired) electrons. The predicted octanol–water partition coefficient (Wildman–Crippen LogP) is 10.7. The summed E-state index contributed by atoms with van der Waals surface area (Å²) in [5.41, 5.74) is 12.9. The van der Waals surface area contributed by atoms with Gasteiger partial charge >= 0.3 is 0 Å². The number of aromatic nitrogens is 1. The first-order valence-electron chi connectivity index (χ1n) is 17.7. The lowest BCUT2D eigenvalue weighted by Gasteiger charge is -2.29. The highest BCUT2D eigenvalue weighted by Crippen LogP contribution is 2.49. The van der Waals surface area contributed by atoms with Gasteiger partial charge in [0.2, 0.25) is 0 Å². The van der Waals surface area contributed by atoms with Crippen LogP contribution in [-0.4, -0.2) is 10.6 Å². The summed E-state index contributed by atoms with van der Waals surface area (Å²) in [6, 6.07) is 61.4. The van der Waals surface area contributed by atoms with E-state index in [2.05, 4.69) is 185 Å². The average molecular weight is 653 g/mol. The van der Waals surface area contributed by atoms with Crippen molar-refractivity contribution in [1.29, 1.82) is 0 Å². The molecule has 9 aromatic rings. The van der Waals surface area contributed by atoms with Gasteiger partial charge in [0.15, 0.2) is 0 Å². The molecule has 0 N–H and O–H groups in total. The molecule has 0 bridgehead atoms. The SMILES string of the molecule is C1=c2c(n(-c3ccccc3)c3ccc(-c4ccccc4)cc23)=CC2C1c1cc(-c3ccccc3)ccc1N2c1ccc2oc3ccccc3c2c1. The summed E-state index contributed by atoms with van der Waals surface area (Å²) in [7, 11) is 0. The fourth-order valence-electron chi connectivity index (χ4n) is 8.58. The van der Waals surface area contributed by atoms with Gasteiger partial charge in [-0.3, -0.25) is 0 Å². The number of rotatable bonds is 4. The molecular weight excluding hydrogens is 621 g/mol. The zero-order valence-corrected chi connectivity index (χ0v) is 27.8. The summed E-state index contributed by atoms with van der Waals surface area (Å²) < 4.78 is 8.72. The van der Waals surface area contributed by atoms with Crippen LogP contribution in [0.2, 0.25) is 0 Å². The number of anilines is 2. The van der Waals surface area contributed by atoms with Gasteiger partial charge < -0.3 is 13.9 Å². The molecule has 3 heterocycles. The van der Waals surface area contributed by atoms with Crippen LogP contribution in [0.1, 0.15) is 11.5 Å². The molecule has 0 fully saturated rings. The number of furan rings is 1. The van der Waals surface area contributed by atoms with Gasteiger partial charge in [-0.15, -0.1) is 0 Å². The van der Waals surface area contributed by atoms with Gasteiger partial charge in [-0.1, -0.05) is 115 Å². The quantitative estimate of drug-likeness (QED) is 0.189. The Labute approximate surface area is 295 Å². The first-order chi connectivity index (χ1) is 25.3. The Bertz CT molecular complexity index is 2920. The minimum atomic E-state index is 0.0782. The lowest BCUT2D eigenvalue weighted by atomic mass is 9.88. The smallest absolute Gasteiger partial charge is 0.135 e. The van der Waals surface area contributed by atoms with Crippen LogP contribution in [0.5, 0.6) is 0 Å². The normalized spacial score (nSPS) is 16.1. The van der Waals surface area contributed by atoms with E-state index in [0.29, 0.717) is 0 Å². The third kappa shape index (κ3) is 4.31. The van der Waals surface area contributed by atoms with Crippen molar-refractivity contribution in [1.82, 2.24) is 4.57 Å². The molecular formula is C48H32N2O. The maximum atomic E-state index is 6.26. The molecule has 0 saturated heterocycles. The molecule has 0 amide bonds. The summed E-state index contributed by atoms with van der Waals surface area (Å²) in [4.78, 5) is 2.55. The van der Waals surface area contributed by atoms with Crippen molar-refractivity contribution in [2.24, 2.45) is 0 Å². The highest BCUT2D eigenvalue weighted by Gasteiger charge is 2.39. The molecule has 1 aliphatic carbocycles. The first-order valence-corrected chi connectivity index (χ1v) is 17.7. The maximum absolute atomic E-state index is 6.26. The second kappa shape index (κ2) is 11.0. The number of hydrogen-bond acceptors (Lipinski definition) is 2. The highest BCUT2D eigenvalue weighted by atomic mass is 16.3. The first kappa shape index (κ1) is 28.3. The van der Waals surface area contributed by atoms with E-state index in [-0.39, 0.29) is 12.0 Å². The molecule has 2 aromatic heterocycles. The zero-order valence-electron chi connectivity index (χ0n) is 27.8. The predicted molar refractivity (Wildman–Crippen MR) is 211 cm³/mol. The largest absolute Gasteiger partial charge is 0.456 e. The lowest BCUT2D eigenvalue weighted by molar-refractivity contribution is 0.669. The van der Waals surface area contributed by atoms with Crippen molar-refractivity contribution in [3.05, 3.63) is 186 Å². The molecule has 2 atom stereocenters. The zero-order chi connectivity index (χ0) is 33.5. The third-order valence-electron chi connectivity index (χ3n) is 10.9. The topological polar surface area (TPSA) is 21.3 Å². The molecule has 2 unspecified atom stereocenters. The van der Waals surface area contributed by atoms with Gasteiger partial charge in [-0.25, -0.2) is 0 Å². The van der Waals surface area contributed by atoms with Gasteiger partial charge in [0.1, 0.15) is 11.2 Å². The van der Waals surface area contributed by atoms with Crippen molar-refractivity contribution in [2.75, 3.05) is 4.90 Å². The van der Waals surface area contributed by atoms with E-state index in [0.717, 1.165) is 27.6 Å². The Balaban J connectivity index is 1.19. The number of fused-ring (bicyclic) bond motifs is 9. The van der Waals surface area contributed by atoms with Gasteiger partial charge in [-0.2, -0.15) is 0 Å². The Kier molecular flexibility index (Phi) is 6.08. The van der Waals surface area contributed by atoms with Crippen LogP contribution in [0.4, 0.5) is 11.4 Å². The molecule has 2 aliphatic rings. The number of para-hydroxylation sites is 2. The molecule has 0 saturated carbocycles. The van der Waals surface area contributed by atoms with E-state index in [1.54, 1.807) is 0 Å². The Hall–Kier alpha value is -6.58. The van der Waals surface area contributed by atoms with Crippen molar-refractivity contribution >= 4 is 56.4 Å². The number of nitrogens with zero attached hydrogens (tertiary/aromatic N) is 2. The van der Waals surface area contributed by atoms with Crippen LogP contribution in [0.25, 0.3) is 72.9 Å². The van der Waals surface area contributed by atoms with E-state index in [4.69, 9.17) is 4.42 Å². The minimum Gasteiger partial charge on any atom is -0.456 e. The minimum absolute atomic E-state index is 0.0782. The number of benzene rings is 7. The second-order valence-corrected chi connectivity index (χ2v) is 13.7. The molecule has 11 rings (SSSR count). The van der Waals surface area contributed by atoms with Gasteiger partial charge in [-0.05, 0) is 94.6 Å². The van der Waals surface area contributed by atoms with Gasteiger partial charge in [0.25, 0.3) is 0 Å². The Morgan fingerprint density at radius 1 is 0.451 bits per heavy atom. The standard InChI is InChI=1S/C48H32N2O/c1-4-12-31(13-5-1)33-20-23-43-38(26-33)40-29-41-39-27-34(32-14-6-2-7-15-32)21-24-44(39)50(46(41)30-45(40)49(43)35-16-8-3-9-17-35)36-22-25-48-42(28-36)37-18-10-11-19-47(37)51-48/h1-30,41,46H. The second-order valence-electron chi connectivity index (χ2n) is 13.7. The Morgan fingerprint density at radius 2 is 1.12 bits per heavy atom. The fourth-order valence-corrected chi connectivity index (χ4v) is 8.58. The van der Waals surface area contributed by atoms with Crippen molar-refractivity contribution in [3.63, 3.8) is 0 Å². The van der Waals surface area contributed by atoms with Crippen LogP contribution in [0, 0.1) is 0 Å². The summed E-state index contributed by atoms with van der Waals surface area (Å²) in [6.07, 6.45) is 5.07. The van der Waals surface area contributed by atoms with Gasteiger partial charge in [0.05, 0.1) is 16.9 Å². The van der Waals surface area contributed by atoms with Crippen LogP contribution >= 0.6 is 0 Å². The molecule has 51 heavy (non-hydrogen) atoms. The maximum Gasteiger partial charge on any atom is 0.135 e. The van der Waals surface area contributed by atoms with Gasteiger partial charge in [0, 0.05) is 44.4 Å². The number of hydrogen-bond donors (Lipinski definition) is 0.